The Labute approximate surface area is 128 Å². The Kier molecular flexibility index (Phi) is 4.73. The van der Waals surface area contributed by atoms with E-state index in [0.29, 0.717) is 5.02 Å². The van der Waals surface area contributed by atoms with Gasteiger partial charge in [-0.1, -0.05) is 44.5 Å². The van der Waals surface area contributed by atoms with E-state index >= 15 is 0 Å². The Balaban J connectivity index is 2.28. The van der Waals surface area contributed by atoms with Crippen molar-refractivity contribution in [2.45, 2.75) is 37.0 Å². The third-order valence-corrected chi connectivity index (χ3v) is 4.33. The predicted molar refractivity (Wildman–Crippen MR) is 82.8 cm³/mol. The summed E-state index contributed by atoms with van der Waals surface area (Å²) in [6.45, 7) is 6.32. The van der Waals surface area contributed by atoms with Crippen LogP contribution in [0.3, 0.4) is 0 Å². The van der Waals surface area contributed by atoms with Crippen LogP contribution >= 0.6 is 23.4 Å². The standard InChI is InChI=1S/C14H18ClN3OS/c1-14(2,3)20-13(18-9-16-8-17-18)12(19)10-4-6-11(15)7-5-10/h4-9,12-13,19H,1-3H3. The van der Waals surface area contributed by atoms with Crippen molar-refractivity contribution in [3.05, 3.63) is 47.5 Å². The summed E-state index contributed by atoms with van der Waals surface area (Å²) in [6, 6.07) is 7.22. The molecule has 0 spiro atoms. The number of benzene rings is 1. The van der Waals surface area contributed by atoms with Gasteiger partial charge in [0.1, 0.15) is 24.1 Å². The molecule has 4 nitrogen and oxygen atoms in total. The van der Waals surface area contributed by atoms with Gasteiger partial charge in [0, 0.05) is 9.77 Å². The van der Waals surface area contributed by atoms with Gasteiger partial charge in [0.15, 0.2) is 0 Å². The number of aliphatic hydroxyl groups is 1. The highest BCUT2D eigenvalue weighted by atomic mass is 35.5. The van der Waals surface area contributed by atoms with Gasteiger partial charge in [0.2, 0.25) is 0 Å². The topological polar surface area (TPSA) is 50.9 Å². The third kappa shape index (κ3) is 3.98. The van der Waals surface area contributed by atoms with Crippen molar-refractivity contribution < 1.29 is 5.11 Å². The number of aliphatic hydroxyl groups excluding tert-OH is 1. The summed E-state index contributed by atoms with van der Waals surface area (Å²) in [6.07, 6.45) is 2.42. The van der Waals surface area contributed by atoms with Crippen molar-refractivity contribution in [3.8, 4) is 0 Å². The van der Waals surface area contributed by atoms with Crippen molar-refractivity contribution in [2.75, 3.05) is 0 Å². The Morgan fingerprint density at radius 3 is 2.40 bits per heavy atom. The predicted octanol–water partition coefficient (Wildman–Crippen LogP) is 3.70. The molecule has 0 aliphatic heterocycles. The first-order valence-electron chi connectivity index (χ1n) is 6.32. The molecule has 6 heteroatoms. The monoisotopic (exact) mass is 311 g/mol. The van der Waals surface area contributed by atoms with E-state index in [2.05, 4.69) is 30.9 Å². The number of hydrogen-bond acceptors (Lipinski definition) is 4. The fourth-order valence-electron chi connectivity index (χ4n) is 1.80. The molecule has 1 aromatic heterocycles. The summed E-state index contributed by atoms with van der Waals surface area (Å²) in [5.74, 6) is 0. The molecule has 20 heavy (non-hydrogen) atoms. The second-order valence-electron chi connectivity index (χ2n) is 5.49. The lowest BCUT2D eigenvalue weighted by Gasteiger charge is -2.29. The number of nitrogens with zero attached hydrogens (tertiary/aromatic N) is 3. The minimum Gasteiger partial charge on any atom is -0.385 e. The van der Waals surface area contributed by atoms with E-state index in [-0.39, 0.29) is 10.1 Å². The quantitative estimate of drug-likeness (QED) is 0.935. The normalized spacial score (nSPS) is 15.1. The molecule has 2 rings (SSSR count). The van der Waals surface area contributed by atoms with E-state index in [1.165, 1.54) is 6.33 Å². The van der Waals surface area contributed by atoms with Gasteiger partial charge in [0.05, 0.1) is 0 Å². The lowest BCUT2D eigenvalue weighted by molar-refractivity contribution is 0.146. The van der Waals surface area contributed by atoms with Crippen LogP contribution in [0.25, 0.3) is 0 Å². The van der Waals surface area contributed by atoms with Gasteiger partial charge in [-0.05, 0) is 17.7 Å². The SMILES string of the molecule is CC(C)(C)SC(C(O)c1ccc(Cl)cc1)n1cncn1. The summed E-state index contributed by atoms with van der Waals surface area (Å²) in [7, 11) is 0. The van der Waals surface area contributed by atoms with Gasteiger partial charge in [-0.25, -0.2) is 9.67 Å². The summed E-state index contributed by atoms with van der Waals surface area (Å²) in [5.41, 5.74) is 0.812. The largest absolute Gasteiger partial charge is 0.385 e. The molecule has 0 aliphatic carbocycles. The van der Waals surface area contributed by atoms with E-state index in [4.69, 9.17) is 11.6 Å². The van der Waals surface area contributed by atoms with Crippen molar-refractivity contribution in [1.82, 2.24) is 14.8 Å². The summed E-state index contributed by atoms with van der Waals surface area (Å²) < 4.78 is 1.68. The Hall–Kier alpha value is -1.04. The van der Waals surface area contributed by atoms with Crippen molar-refractivity contribution in [2.24, 2.45) is 0 Å². The van der Waals surface area contributed by atoms with E-state index in [0.717, 1.165) is 5.56 Å². The van der Waals surface area contributed by atoms with Crippen LogP contribution in [0.1, 0.15) is 37.8 Å². The average Bonchev–Trinajstić information content (AvgIpc) is 2.89. The molecule has 2 atom stereocenters. The van der Waals surface area contributed by atoms with Gasteiger partial charge in [-0.3, -0.25) is 0 Å². The molecule has 0 saturated carbocycles. The summed E-state index contributed by atoms with van der Waals surface area (Å²) in [5, 5.41) is 15.2. The first-order chi connectivity index (χ1) is 9.37. The molecule has 0 radical (unpaired) electrons. The molecule has 0 fully saturated rings. The highest BCUT2D eigenvalue weighted by molar-refractivity contribution is 8.00. The zero-order chi connectivity index (χ0) is 14.8. The Bertz CT molecular complexity index is 537. The van der Waals surface area contributed by atoms with Crippen LogP contribution in [-0.4, -0.2) is 24.6 Å². The fraction of sp³-hybridized carbons (Fsp3) is 0.429. The molecule has 1 N–H and O–H groups in total. The van der Waals surface area contributed by atoms with Crippen LogP contribution in [0.4, 0.5) is 0 Å². The van der Waals surface area contributed by atoms with Crippen LogP contribution in [0.5, 0.6) is 0 Å². The van der Waals surface area contributed by atoms with E-state index in [9.17, 15) is 5.11 Å². The lowest BCUT2D eigenvalue weighted by Crippen LogP contribution is -2.21. The Morgan fingerprint density at radius 1 is 1.25 bits per heavy atom. The maximum absolute atomic E-state index is 10.7. The van der Waals surface area contributed by atoms with Crippen molar-refractivity contribution >= 4 is 23.4 Å². The molecule has 0 aliphatic rings. The van der Waals surface area contributed by atoms with Crippen molar-refractivity contribution in [1.29, 1.82) is 0 Å². The second-order valence-corrected chi connectivity index (χ2v) is 7.87. The van der Waals surface area contributed by atoms with Gasteiger partial charge in [-0.2, -0.15) is 5.10 Å². The molecular weight excluding hydrogens is 294 g/mol. The molecular formula is C14H18ClN3OS. The molecule has 1 aromatic carbocycles. The van der Waals surface area contributed by atoms with Crippen LogP contribution in [0.2, 0.25) is 5.02 Å². The highest BCUT2D eigenvalue weighted by Crippen LogP contribution is 2.42. The number of aromatic nitrogens is 3. The molecule has 0 bridgehead atoms. The molecule has 0 amide bonds. The van der Waals surface area contributed by atoms with Gasteiger partial charge >= 0.3 is 0 Å². The van der Waals surface area contributed by atoms with Gasteiger partial charge < -0.3 is 5.11 Å². The van der Waals surface area contributed by atoms with Crippen molar-refractivity contribution in [3.63, 3.8) is 0 Å². The molecule has 108 valence electrons. The van der Waals surface area contributed by atoms with Crippen LogP contribution in [0, 0.1) is 0 Å². The maximum atomic E-state index is 10.7. The third-order valence-electron chi connectivity index (χ3n) is 2.65. The van der Waals surface area contributed by atoms with E-state index in [1.807, 2.05) is 12.1 Å². The number of hydrogen-bond donors (Lipinski definition) is 1. The van der Waals surface area contributed by atoms with Gasteiger partial charge in [-0.15, -0.1) is 11.8 Å². The molecule has 1 heterocycles. The smallest absolute Gasteiger partial charge is 0.137 e. The second kappa shape index (κ2) is 6.16. The Morgan fingerprint density at radius 2 is 1.90 bits per heavy atom. The summed E-state index contributed by atoms with van der Waals surface area (Å²) in [4.78, 5) is 3.97. The summed E-state index contributed by atoms with van der Waals surface area (Å²) >= 11 is 7.53. The number of halogens is 1. The minimum atomic E-state index is -0.682. The maximum Gasteiger partial charge on any atom is 0.137 e. The number of thioether (sulfide) groups is 1. The first kappa shape index (κ1) is 15.4. The number of rotatable bonds is 4. The highest BCUT2D eigenvalue weighted by Gasteiger charge is 2.29. The van der Waals surface area contributed by atoms with Crippen LogP contribution in [0.15, 0.2) is 36.9 Å². The average molecular weight is 312 g/mol. The molecule has 0 saturated heterocycles. The van der Waals surface area contributed by atoms with Crippen LogP contribution in [-0.2, 0) is 0 Å². The van der Waals surface area contributed by atoms with Gasteiger partial charge in [0.25, 0.3) is 0 Å². The van der Waals surface area contributed by atoms with Crippen LogP contribution < -0.4 is 0 Å². The molecule has 2 aromatic rings. The molecule has 2 unspecified atom stereocenters. The van der Waals surface area contributed by atoms with E-state index in [1.54, 1.807) is 34.9 Å². The minimum absolute atomic E-state index is 0.00990. The van der Waals surface area contributed by atoms with E-state index < -0.39 is 6.10 Å². The zero-order valence-electron chi connectivity index (χ0n) is 11.7. The first-order valence-corrected chi connectivity index (χ1v) is 7.58. The lowest BCUT2D eigenvalue weighted by atomic mass is 10.1. The fourth-order valence-corrected chi connectivity index (χ4v) is 3.15. The zero-order valence-corrected chi connectivity index (χ0v) is 13.3.